The third-order valence-electron chi connectivity index (χ3n) is 6.93. The highest BCUT2D eigenvalue weighted by Crippen LogP contribution is 2.31. The number of hydrogen-bond acceptors (Lipinski definition) is 2. The molecule has 35 heavy (non-hydrogen) atoms. The molecule has 1 fully saturated rings. The Hall–Kier alpha value is -2.04. The van der Waals surface area contributed by atoms with Crippen LogP contribution in [0.5, 0.6) is 0 Å². The van der Waals surface area contributed by atoms with Crippen LogP contribution in [-0.2, 0) is 0 Å². The summed E-state index contributed by atoms with van der Waals surface area (Å²) in [4.78, 5) is 17.4. The minimum absolute atomic E-state index is 0. The number of rotatable bonds is 8. The van der Waals surface area contributed by atoms with Crippen molar-refractivity contribution in [2.75, 3.05) is 33.2 Å². The molecule has 1 aliphatic heterocycles. The van der Waals surface area contributed by atoms with Gasteiger partial charge in [-0.15, -0.1) is 12.4 Å². The van der Waals surface area contributed by atoms with E-state index in [4.69, 9.17) is 23.2 Å². The highest BCUT2D eigenvalue weighted by Gasteiger charge is 2.23. The minimum atomic E-state index is 0. The molecular formula is C29H33Cl3N2O. The molecular weight excluding hydrogens is 499 g/mol. The molecule has 1 saturated heterocycles. The SMILES string of the molecule is CN(CC(CCN1CCC(c2ccccc2)CC1)c1ccc(Cl)c(Cl)c1)C(=O)c1ccccc1.Cl. The van der Waals surface area contributed by atoms with Crippen LogP contribution in [0.1, 0.15) is 52.6 Å². The van der Waals surface area contributed by atoms with Gasteiger partial charge in [0.05, 0.1) is 10.0 Å². The fraction of sp³-hybridized carbons (Fsp3) is 0.345. The second-order valence-electron chi connectivity index (χ2n) is 9.24. The summed E-state index contributed by atoms with van der Waals surface area (Å²) in [6, 6.07) is 26.2. The second-order valence-corrected chi connectivity index (χ2v) is 10.1. The lowest BCUT2D eigenvalue weighted by Crippen LogP contribution is -2.36. The smallest absolute Gasteiger partial charge is 0.253 e. The van der Waals surface area contributed by atoms with Crippen molar-refractivity contribution in [3.63, 3.8) is 0 Å². The fourth-order valence-corrected chi connectivity index (χ4v) is 5.20. The van der Waals surface area contributed by atoms with Crippen molar-refractivity contribution in [1.29, 1.82) is 0 Å². The quantitative estimate of drug-likeness (QED) is 0.300. The van der Waals surface area contributed by atoms with E-state index in [0.29, 0.717) is 28.1 Å². The van der Waals surface area contributed by atoms with Crippen LogP contribution in [0.15, 0.2) is 78.9 Å². The Morgan fingerprint density at radius 3 is 2.20 bits per heavy atom. The van der Waals surface area contributed by atoms with E-state index in [-0.39, 0.29) is 24.2 Å². The van der Waals surface area contributed by atoms with E-state index in [2.05, 4.69) is 35.2 Å². The van der Waals surface area contributed by atoms with Crippen molar-refractivity contribution in [2.45, 2.75) is 31.1 Å². The summed E-state index contributed by atoms with van der Waals surface area (Å²) in [5, 5.41) is 1.12. The van der Waals surface area contributed by atoms with E-state index in [0.717, 1.165) is 31.6 Å². The number of benzene rings is 3. The first-order valence-corrected chi connectivity index (χ1v) is 12.8. The molecule has 3 nitrogen and oxygen atoms in total. The standard InChI is InChI=1S/C29H32Cl2N2O.ClH/c1-32(29(34)24-10-6-3-7-11-24)21-26(25-12-13-27(30)28(31)20-25)16-19-33-17-14-23(15-18-33)22-8-4-2-5-9-22;/h2-13,20,23,26H,14-19,21H2,1H3;1H. The van der Waals surface area contributed by atoms with Crippen molar-refractivity contribution in [2.24, 2.45) is 0 Å². The van der Waals surface area contributed by atoms with E-state index in [1.165, 1.54) is 18.4 Å². The van der Waals surface area contributed by atoms with Crippen LogP contribution in [-0.4, -0.2) is 48.9 Å². The lowest BCUT2D eigenvalue weighted by atomic mass is 9.89. The zero-order valence-electron chi connectivity index (χ0n) is 20.1. The summed E-state index contributed by atoms with van der Waals surface area (Å²) in [7, 11) is 1.88. The molecule has 0 aliphatic carbocycles. The molecule has 0 radical (unpaired) electrons. The fourth-order valence-electron chi connectivity index (χ4n) is 4.90. The first-order valence-electron chi connectivity index (χ1n) is 12.0. The van der Waals surface area contributed by atoms with Gasteiger partial charge in [-0.1, -0.05) is 77.8 Å². The molecule has 0 bridgehead atoms. The van der Waals surface area contributed by atoms with Gasteiger partial charge in [0, 0.05) is 25.1 Å². The molecule has 1 aliphatic rings. The number of amides is 1. The average molecular weight is 532 g/mol. The third-order valence-corrected chi connectivity index (χ3v) is 7.67. The molecule has 0 aromatic heterocycles. The monoisotopic (exact) mass is 530 g/mol. The molecule has 3 aromatic rings. The number of hydrogen-bond donors (Lipinski definition) is 0. The highest BCUT2D eigenvalue weighted by atomic mass is 35.5. The Labute approximate surface area is 225 Å². The number of nitrogens with zero attached hydrogens (tertiary/aromatic N) is 2. The summed E-state index contributed by atoms with van der Waals surface area (Å²) in [6.45, 7) is 3.84. The normalized spacial score (nSPS) is 15.3. The van der Waals surface area contributed by atoms with Gasteiger partial charge in [-0.2, -0.15) is 0 Å². The van der Waals surface area contributed by atoms with E-state index in [9.17, 15) is 4.79 Å². The molecule has 1 heterocycles. The Bertz CT molecular complexity index is 1070. The Balaban J connectivity index is 0.00000342. The maximum Gasteiger partial charge on any atom is 0.253 e. The third kappa shape index (κ3) is 7.47. The summed E-state index contributed by atoms with van der Waals surface area (Å²) >= 11 is 12.5. The first kappa shape index (κ1) is 27.5. The highest BCUT2D eigenvalue weighted by molar-refractivity contribution is 6.42. The van der Waals surface area contributed by atoms with Crippen molar-refractivity contribution < 1.29 is 4.79 Å². The van der Waals surface area contributed by atoms with Crippen LogP contribution in [0, 0.1) is 0 Å². The number of piperidine rings is 1. The van der Waals surface area contributed by atoms with Gasteiger partial charge in [0.1, 0.15) is 0 Å². The van der Waals surface area contributed by atoms with Gasteiger partial charge in [-0.3, -0.25) is 4.79 Å². The average Bonchev–Trinajstić information content (AvgIpc) is 2.89. The topological polar surface area (TPSA) is 23.6 Å². The van der Waals surface area contributed by atoms with Gasteiger partial charge in [0.25, 0.3) is 5.91 Å². The van der Waals surface area contributed by atoms with Gasteiger partial charge in [0.2, 0.25) is 0 Å². The van der Waals surface area contributed by atoms with Gasteiger partial charge < -0.3 is 9.80 Å². The zero-order valence-corrected chi connectivity index (χ0v) is 22.4. The minimum Gasteiger partial charge on any atom is -0.341 e. The van der Waals surface area contributed by atoms with Crippen LogP contribution in [0.3, 0.4) is 0 Å². The van der Waals surface area contributed by atoms with Gasteiger partial charge in [-0.05, 0) is 80.2 Å². The molecule has 1 amide bonds. The number of halogens is 3. The van der Waals surface area contributed by atoms with Gasteiger partial charge >= 0.3 is 0 Å². The van der Waals surface area contributed by atoms with E-state index in [1.54, 1.807) is 0 Å². The van der Waals surface area contributed by atoms with Crippen LogP contribution >= 0.6 is 35.6 Å². The molecule has 6 heteroatoms. The first-order chi connectivity index (χ1) is 16.5. The Morgan fingerprint density at radius 1 is 0.943 bits per heavy atom. The number of carbonyl (C=O) groups excluding carboxylic acids is 1. The molecule has 186 valence electrons. The predicted octanol–water partition coefficient (Wildman–Crippen LogP) is 7.54. The summed E-state index contributed by atoms with van der Waals surface area (Å²) < 4.78 is 0. The lowest BCUT2D eigenvalue weighted by molar-refractivity contribution is 0.0781. The molecule has 1 atom stereocenters. The maximum absolute atomic E-state index is 13.0. The van der Waals surface area contributed by atoms with Gasteiger partial charge in [-0.25, -0.2) is 0 Å². The van der Waals surface area contributed by atoms with E-state index < -0.39 is 0 Å². The molecule has 0 N–H and O–H groups in total. The van der Waals surface area contributed by atoms with Crippen LogP contribution < -0.4 is 0 Å². The number of likely N-dealkylation sites (N-methyl/N-ethyl adjacent to an activating group) is 1. The second kappa shape index (κ2) is 13.3. The molecule has 1 unspecified atom stereocenters. The summed E-state index contributed by atoms with van der Waals surface area (Å²) in [6.07, 6.45) is 3.34. The van der Waals surface area contributed by atoms with Crippen molar-refractivity contribution in [1.82, 2.24) is 9.80 Å². The van der Waals surface area contributed by atoms with Crippen molar-refractivity contribution >= 4 is 41.5 Å². The van der Waals surface area contributed by atoms with Gasteiger partial charge in [0.15, 0.2) is 0 Å². The van der Waals surface area contributed by atoms with E-state index in [1.807, 2.05) is 60.5 Å². The van der Waals surface area contributed by atoms with E-state index >= 15 is 0 Å². The van der Waals surface area contributed by atoms with Crippen molar-refractivity contribution in [3.8, 4) is 0 Å². The Morgan fingerprint density at radius 2 is 1.57 bits per heavy atom. The number of likely N-dealkylation sites (tertiary alicyclic amines) is 1. The lowest BCUT2D eigenvalue weighted by Gasteiger charge is -2.34. The Kier molecular flexibility index (Phi) is 10.5. The van der Waals surface area contributed by atoms with Crippen LogP contribution in [0.4, 0.5) is 0 Å². The van der Waals surface area contributed by atoms with Crippen molar-refractivity contribution in [3.05, 3.63) is 106 Å². The molecule has 3 aromatic carbocycles. The zero-order chi connectivity index (χ0) is 23.9. The molecule has 0 spiro atoms. The summed E-state index contributed by atoms with van der Waals surface area (Å²) in [5.74, 6) is 0.867. The van der Waals surface area contributed by atoms with Crippen LogP contribution in [0.25, 0.3) is 0 Å². The van der Waals surface area contributed by atoms with Crippen LogP contribution in [0.2, 0.25) is 10.0 Å². The molecule has 4 rings (SSSR count). The largest absolute Gasteiger partial charge is 0.341 e. The molecule has 0 saturated carbocycles. The summed E-state index contributed by atoms with van der Waals surface area (Å²) in [5.41, 5.74) is 3.29. The maximum atomic E-state index is 13.0. The number of carbonyl (C=O) groups is 1. The predicted molar refractivity (Wildman–Crippen MR) is 149 cm³/mol.